The van der Waals surface area contributed by atoms with Gasteiger partial charge in [-0.3, -0.25) is 23.8 Å². The topological polar surface area (TPSA) is 110 Å². The Morgan fingerprint density at radius 2 is 2.03 bits per heavy atom. The maximum Gasteiger partial charge on any atom is 0.274 e. The molecule has 2 N–H and O–H groups in total. The van der Waals surface area contributed by atoms with Gasteiger partial charge in [-0.15, -0.1) is 0 Å². The highest BCUT2D eigenvalue weighted by Crippen LogP contribution is 2.29. The Morgan fingerprint density at radius 1 is 1.18 bits per heavy atom. The van der Waals surface area contributed by atoms with Crippen molar-refractivity contribution in [1.82, 2.24) is 29.0 Å². The van der Waals surface area contributed by atoms with Crippen molar-refractivity contribution in [2.24, 2.45) is 0 Å². The van der Waals surface area contributed by atoms with Gasteiger partial charge in [-0.25, -0.2) is 4.98 Å². The van der Waals surface area contributed by atoms with E-state index in [1.54, 1.807) is 28.9 Å². The van der Waals surface area contributed by atoms with Crippen LogP contribution in [-0.4, -0.2) is 72.4 Å². The highest BCUT2D eigenvalue weighted by atomic mass is 16.5. The summed E-state index contributed by atoms with van der Waals surface area (Å²) in [5.41, 5.74) is 5.43. The van der Waals surface area contributed by atoms with Crippen molar-refractivity contribution >= 4 is 28.1 Å². The van der Waals surface area contributed by atoms with E-state index in [1.807, 2.05) is 60.0 Å². The van der Waals surface area contributed by atoms with E-state index in [2.05, 4.69) is 22.2 Å². The van der Waals surface area contributed by atoms with Gasteiger partial charge in [0.15, 0.2) is 0 Å². The molecular weight excluding hydrogens is 494 g/mol. The van der Waals surface area contributed by atoms with Crippen LogP contribution in [0.4, 0.5) is 5.69 Å². The third-order valence-electron chi connectivity index (χ3n) is 7.12. The normalized spacial score (nSPS) is 17.7. The van der Waals surface area contributed by atoms with E-state index >= 15 is 0 Å². The van der Waals surface area contributed by atoms with Crippen LogP contribution < -0.4 is 10.1 Å². The number of anilines is 1. The van der Waals surface area contributed by atoms with Gasteiger partial charge in [-0.05, 0) is 50.7 Å². The molecular formula is C29H31N7O3. The molecule has 1 saturated heterocycles. The van der Waals surface area contributed by atoms with E-state index in [1.165, 1.54) is 0 Å². The first kappa shape index (κ1) is 25.0. The van der Waals surface area contributed by atoms with Gasteiger partial charge in [-0.2, -0.15) is 5.10 Å². The lowest BCUT2D eigenvalue weighted by Gasteiger charge is -2.16. The molecule has 4 aromatic heterocycles. The molecule has 0 spiro atoms. The number of pyridine rings is 2. The zero-order valence-corrected chi connectivity index (χ0v) is 22.2. The molecule has 1 aromatic carbocycles. The largest absolute Gasteiger partial charge is 0.486 e. The van der Waals surface area contributed by atoms with Gasteiger partial charge in [0.1, 0.15) is 29.3 Å². The molecule has 0 radical (unpaired) electrons. The second-order valence-corrected chi connectivity index (χ2v) is 10.1. The van der Waals surface area contributed by atoms with E-state index in [-0.39, 0.29) is 12.0 Å². The molecule has 1 aliphatic rings. The van der Waals surface area contributed by atoms with Crippen LogP contribution in [0, 0.1) is 6.92 Å². The molecule has 1 amide bonds. The van der Waals surface area contributed by atoms with Crippen molar-refractivity contribution in [3.8, 4) is 5.75 Å². The van der Waals surface area contributed by atoms with Crippen LogP contribution >= 0.6 is 0 Å². The molecule has 0 unspecified atom stereocenters. The Hall–Kier alpha value is -4.28. The standard InChI is InChI=1S/C29H31N7O3/c1-4-21-28-22(9-6-10-23(28)36(33-21)15-19-8-5-7-18(2)31-19)32-29(38)24-14-30-27-13-20(11-12-35(24)27)39-26-17-34(3)16-25(26)37/h5-14,25-26,37H,4,15-17H2,1-3H3,(H,32,38)/t25-,26-/m1/s1. The number of aliphatic hydroxyl groups excluding tert-OH is 1. The highest BCUT2D eigenvalue weighted by Gasteiger charge is 2.31. The summed E-state index contributed by atoms with van der Waals surface area (Å²) in [5.74, 6) is 0.332. The van der Waals surface area contributed by atoms with Gasteiger partial charge >= 0.3 is 0 Å². The van der Waals surface area contributed by atoms with Crippen molar-refractivity contribution in [2.45, 2.75) is 39.0 Å². The van der Waals surface area contributed by atoms with Gasteiger partial charge in [-0.1, -0.05) is 19.1 Å². The summed E-state index contributed by atoms with van der Waals surface area (Å²) in [5, 5.41) is 19.1. The smallest absolute Gasteiger partial charge is 0.274 e. The molecule has 0 saturated carbocycles. The van der Waals surface area contributed by atoms with Crippen molar-refractivity contribution in [3.05, 3.63) is 83.7 Å². The van der Waals surface area contributed by atoms with Gasteiger partial charge in [0.05, 0.1) is 35.3 Å². The van der Waals surface area contributed by atoms with E-state index in [0.717, 1.165) is 34.4 Å². The molecule has 10 nitrogen and oxygen atoms in total. The number of β-amino-alcohol motifs (C(OH)–C–C–N with tert-alkyl or cyclic N) is 1. The summed E-state index contributed by atoms with van der Waals surface area (Å²) in [4.78, 5) is 24.5. The molecule has 1 aliphatic heterocycles. The average molecular weight is 526 g/mol. The monoisotopic (exact) mass is 525 g/mol. The molecule has 10 heteroatoms. The Kier molecular flexibility index (Phi) is 6.49. The summed E-state index contributed by atoms with van der Waals surface area (Å²) in [6.45, 7) is 5.80. The van der Waals surface area contributed by atoms with Crippen molar-refractivity contribution < 1.29 is 14.6 Å². The van der Waals surface area contributed by atoms with Crippen LogP contribution in [-0.2, 0) is 13.0 Å². The Labute approximate surface area is 225 Å². The molecule has 1 fully saturated rings. The number of fused-ring (bicyclic) bond motifs is 2. The summed E-state index contributed by atoms with van der Waals surface area (Å²) < 4.78 is 9.67. The molecule has 2 atom stereocenters. The number of rotatable bonds is 7. The summed E-state index contributed by atoms with van der Waals surface area (Å²) in [6.07, 6.45) is 3.20. The minimum atomic E-state index is -0.541. The zero-order valence-electron chi connectivity index (χ0n) is 22.2. The number of likely N-dealkylation sites (N-methyl/N-ethyl adjacent to an activating group) is 1. The number of ether oxygens (including phenoxy) is 1. The SMILES string of the molecule is CCc1nn(Cc2cccc(C)n2)c2cccc(NC(=O)c3cnc4cc(O[C@@H]5CN(C)C[C@H]5O)ccn34)c12. The van der Waals surface area contributed by atoms with Crippen molar-refractivity contribution in [2.75, 3.05) is 25.5 Å². The van der Waals surface area contributed by atoms with E-state index in [9.17, 15) is 9.90 Å². The minimum Gasteiger partial charge on any atom is -0.486 e. The van der Waals surface area contributed by atoms with Gasteiger partial charge in [0, 0.05) is 36.4 Å². The van der Waals surface area contributed by atoms with E-state index in [4.69, 9.17) is 9.84 Å². The number of likely N-dealkylation sites (tertiary alicyclic amines) is 1. The minimum absolute atomic E-state index is 0.272. The number of carbonyl (C=O) groups excluding carboxylic acids is 1. The Morgan fingerprint density at radius 3 is 2.79 bits per heavy atom. The number of amides is 1. The maximum atomic E-state index is 13.4. The lowest BCUT2D eigenvalue weighted by molar-refractivity contribution is 0.0737. The molecule has 0 aliphatic carbocycles. The third-order valence-corrected chi connectivity index (χ3v) is 7.12. The number of hydrogen-bond acceptors (Lipinski definition) is 7. The van der Waals surface area contributed by atoms with Gasteiger partial charge in [0.2, 0.25) is 0 Å². The highest BCUT2D eigenvalue weighted by molar-refractivity contribution is 6.08. The third kappa shape index (κ3) is 4.84. The van der Waals surface area contributed by atoms with Crippen LogP contribution in [0.2, 0.25) is 0 Å². The van der Waals surface area contributed by atoms with Crippen LogP contribution in [0.3, 0.4) is 0 Å². The number of benzene rings is 1. The predicted molar refractivity (Wildman–Crippen MR) is 148 cm³/mol. The van der Waals surface area contributed by atoms with Gasteiger partial charge < -0.3 is 15.2 Å². The molecule has 200 valence electrons. The molecule has 6 rings (SSSR count). The summed E-state index contributed by atoms with van der Waals surface area (Å²) >= 11 is 0. The quantitative estimate of drug-likeness (QED) is 0.336. The Balaban J connectivity index is 1.26. The number of nitrogens with zero attached hydrogens (tertiary/aromatic N) is 6. The van der Waals surface area contributed by atoms with Crippen molar-refractivity contribution in [1.29, 1.82) is 0 Å². The number of imidazole rings is 1. The number of aliphatic hydroxyl groups is 1. The first-order valence-electron chi connectivity index (χ1n) is 13.1. The average Bonchev–Trinajstić information content (AvgIpc) is 3.59. The fourth-order valence-electron chi connectivity index (χ4n) is 5.24. The number of nitrogens with one attached hydrogen (secondary N) is 1. The second kappa shape index (κ2) is 10.1. The number of carbonyl (C=O) groups is 1. The number of aryl methyl sites for hydroxylation is 2. The van der Waals surface area contributed by atoms with Gasteiger partial charge in [0.25, 0.3) is 5.91 Å². The predicted octanol–water partition coefficient (Wildman–Crippen LogP) is 3.30. The Bertz CT molecular complexity index is 1670. The first-order valence-corrected chi connectivity index (χ1v) is 13.1. The lowest BCUT2D eigenvalue weighted by atomic mass is 10.1. The molecule has 39 heavy (non-hydrogen) atoms. The van der Waals surface area contributed by atoms with Crippen LogP contribution in [0.25, 0.3) is 16.6 Å². The maximum absolute atomic E-state index is 13.4. The number of aromatic nitrogens is 5. The van der Waals surface area contributed by atoms with Crippen LogP contribution in [0.15, 0.2) is 60.9 Å². The van der Waals surface area contributed by atoms with Crippen LogP contribution in [0.1, 0.15) is 34.5 Å². The molecule has 5 heterocycles. The second-order valence-electron chi connectivity index (χ2n) is 10.1. The van der Waals surface area contributed by atoms with E-state index in [0.29, 0.717) is 42.4 Å². The van der Waals surface area contributed by atoms with Crippen molar-refractivity contribution in [3.63, 3.8) is 0 Å². The fourth-order valence-corrected chi connectivity index (χ4v) is 5.24. The fraction of sp³-hybridized carbons (Fsp3) is 0.310. The lowest BCUT2D eigenvalue weighted by Crippen LogP contribution is -2.29. The number of hydrogen-bond donors (Lipinski definition) is 2. The summed E-state index contributed by atoms with van der Waals surface area (Å²) in [6, 6.07) is 15.4. The van der Waals surface area contributed by atoms with Crippen LogP contribution in [0.5, 0.6) is 5.75 Å². The van der Waals surface area contributed by atoms with E-state index < -0.39 is 6.10 Å². The summed E-state index contributed by atoms with van der Waals surface area (Å²) in [7, 11) is 1.95. The zero-order chi connectivity index (χ0) is 27.1. The first-order chi connectivity index (χ1) is 18.9. The molecule has 5 aromatic rings. The molecule has 0 bridgehead atoms.